The second kappa shape index (κ2) is 6.12. The summed E-state index contributed by atoms with van der Waals surface area (Å²) in [5.74, 6) is -0.562. The van der Waals surface area contributed by atoms with Gasteiger partial charge in [0.1, 0.15) is 18.9 Å². The van der Waals surface area contributed by atoms with E-state index in [1.54, 1.807) is 11.8 Å². The maximum absolute atomic E-state index is 12.3. The molecule has 1 aromatic rings. The van der Waals surface area contributed by atoms with Crippen molar-refractivity contribution in [1.29, 1.82) is 0 Å². The average Bonchev–Trinajstić information content (AvgIpc) is 2.95. The van der Waals surface area contributed by atoms with E-state index in [9.17, 15) is 19.7 Å². The molecule has 2 heterocycles. The van der Waals surface area contributed by atoms with E-state index < -0.39 is 10.3 Å². The molecule has 120 valence electrons. The summed E-state index contributed by atoms with van der Waals surface area (Å²) < 4.78 is 6.03. The van der Waals surface area contributed by atoms with Crippen LogP contribution in [0.25, 0.3) is 0 Å². The number of methoxy groups -OCH3 is 1. The molecule has 0 N–H and O–H groups in total. The van der Waals surface area contributed by atoms with Crippen molar-refractivity contribution < 1.29 is 19.2 Å². The van der Waals surface area contributed by atoms with Gasteiger partial charge in [0.05, 0.1) is 17.4 Å². The van der Waals surface area contributed by atoms with Crippen LogP contribution in [0.1, 0.15) is 19.8 Å². The highest BCUT2D eigenvalue weighted by molar-refractivity contribution is 5.80. The molecule has 0 spiro atoms. The summed E-state index contributed by atoms with van der Waals surface area (Å²) in [6.07, 6.45) is 3.68. The molecule has 2 rings (SSSR count). The maximum Gasteiger partial charge on any atom is 0.313 e. The highest BCUT2D eigenvalue weighted by Crippen LogP contribution is 2.30. The molecule has 0 saturated carbocycles. The van der Waals surface area contributed by atoms with Gasteiger partial charge in [-0.1, -0.05) is 0 Å². The fraction of sp³-hybridized carbons (Fsp3) is 0.615. The molecule has 9 heteroatoms. The zero-order valence-electron chi connectivity index (χ0n) is 12.5. The van der Waals surface area contributed by atoms with Crippen molar-refractivity contribution in [1.82, 2.24) is 14.7 Å². The smallest absolute Gasteiger partial charge is 0.313 e. The Hall–Kier alpha value is -2.45. The first-order chi connectivity index (χ1) is 10.4. The van der Waals surface area contributed by atoms with Gasteiger partial charge in [0.15, 0.2) is 0 Å². The second-order valence-electron chi connectivity index (χ2n) is 5.62. The van der Waals surface area contributed by atoms with Gasteiger partial charge in [-0.05, 0) is 19.8 Å². The van der Waals surface area contributed by atoms with Crippen LogP contribution < -0.4 is 0 Å². The van der Waals surface area contributed by atoms with Gasteiger partial charge in [0.2, 0.25) is 5.91 Å². The van der Waals surface area contributed by atoms with Crippen LogP contribution in [-0.4, -0.2) is 51.7 Å². The Balaban J connectivity index is 2.02. The van der Waals surface area contributed by atoms with E-state index in [0.29, 0.717) is 19.4 Å². The number of nitrogens with zero attached hydrogens (tertiary/aromatic N) is 4. The number of hydrogen-bond donors (Lipinski definition) is 0. The highest BCUT2D eigenvalue weighted by atomic mass is 16.6. The van der Waals surface area contributed by atoms with Gasteiger partial charge in [0, 0.05) is 13.1 Å². The summed E-state index contributed by atoms with van der Waals surface area (Å²) in [6, 6.07) is 0. The number of hydrogen-bond acceptors (Lipinski definition) is 6. The molecule has 1 atom stereocenters. The number of ether oxygens (including phenoxy) is 1. The van der Waals surface area contributed by atoms with E-state index in [4.69, 9.17) is 4.74 Å². The van der Waals surface area contributed by atoms with Gasteiger partial charge in [-0.15, -0.1) is 0 Å². The fourth-order valence-corrected chi connectivity index (χ4v) is 2.64. The Bertz CT molecular complexity index is 599. The van der Waals surface area contributed by atoms with E-state index in [-0.39, 0.29) is 30.7 Å². The Morgan fingerprint density at radius 2 is 2.27 bits per heavy atom. The highest BCUT2D eigenvalue weighted by Gasteiger charge is 2.40. The van der Waals surface area contributed by atoms with Gasteiger partial charge < -0.3 is 9.64 Å². The second-order valence-corrected chi connectivity index (χ2v) is 5.62. The van der Waals surface area contributed by atoms with Gasteiger partial charge in [-0.3, -0.25) is 24.4 Å². The summed E-state index contributed by atoms with van der Waals surface area (Å²) in [6.45, 7) is 2.51. The molecule has 1 fully saturated rings. The number of amides is 1. The SMILES string of the molecule is COC(=O)[C@@]1(C)CCCN(C(=O)Cn2cc([N+](=O)[O-])cn2)C1. The zero-order valence-corrected chi connectivity index (χ0v) is 12.5. The monoisotopic (exact) mass is 310 g/mol. The quantitative estimate of drug-likeness (QED) is 0.457. The molecule has 0 aromatic carbocycles. The van der Waals surface area contributed by atoms with Crippen LogP contribution in [0.15, 0.2) is 12.4 Å². The molecule has 1 aromatic heterocycles. The number of esters is 1. The molecule has 0 bridgehead atoms. The average molecular weight is 310 g/mol. The molecular formula is C13H18N4O5. The van der Waals surface area contributed by atoms with Gasteiger partial charge in [0.25, 0.3) is 0 Å². The fourth-order valence-electron chi connectivity index (χ4n) is 2.64. The number of likely N-dealkylation sites (tertiary alicyclic amines) is 1. The summed E-state index contributed by atoms with van der Waals surface area (Å²) >= 11 is 0. The van der Waals surface area contributed by atoms with Gasteiger partial charge in [-0.25, -0.2) is 0 Å². The maximum atomic E-state index is 12.3. The van der Waals surface area contributed by atoms with Gasteiger partial charge in [-0.2, -0.15) is 5.10 Å². The lowest BCUT2D eigenvalue weighted by Gasteiger charge is -2.38. The first kappa shape index (κ1) is 15.9. The first-order valence-electron chi connectivity index (χ1n) is 6.89. The van der Waals surface area contributed by atoms with Crippen molar-refractivity contribution >= 4 is 17.6 Å². The Morgan fingerprint density at radius 1 is 1.55 bits per heavy atom. The molecule has 1 aliphatic rings. The summed E-state index contributed by atoms with van der Waals surface area (Å²) in [5, 5.41) is 14.4. The zero-order chi connectivity index (χ0) is 16.3. The summed E-state index contributed by atoms with van der Waals surface area (Å²) in [5.41, 5.74) is -0.871. The van der Waals surface area contributed by atoms with E-state index in [1.165, 1.54) is 18.0 Å². The number of aromatic nitrogens is 2. The van der Waals surface area contributed by atoms with Gasteiger partial charge >= 0.3 is 11.7 Å². The minimum atomic E-state index is -0.710. The molecule has 22 heavy (non-hydrogen) atoms. The van der Waals surface area contributed by atoms with Crippen LogP contribution in [0.3, 0.4) is 0 Å². The normalized spacial score (nSPS) is 21.5. The van der Waals surface area contributed by atoms with Crippen LogP contribution in [-0.2, 0) is 20.9 Å². The molecular weight excluding hydrogens is 292 g/mol. The minimum Gasteiger partial charge on any atom is -0.469 e. The van der Waals surface area contributed by atoms with Crippen molar-refractivity contribution in [2.24, 2.45) is 5.41 Å². The van der Waals surface area contributed by atoms with E-state index in [2.05, 4.69) is 5.10 Å². The number of rotatable bonds is 4. The Kier molecular flexibility index (Phi) is 4.43. The van der Waals surface area contributed by atoms with Crippen molar-refractivity contribution in [3.8, 4) is 0 Å². The van der Waals surface area contributed by atoms with Crippen molar-refractivity contribution in [3.63, 3.8) is 0 Å². The molecule has 9 nitrogen and oxygen atoms in total. The Labute approximate surface area is 127 Å². The minimum absolute atomic E-state index is 0.0922. The van der Waals surface area contributed by atoms with Crippen molar-refractivity contribution in [2.75, 3.05) is 20.2 Å². The third-order valence-corrected chi connectivity index (χ3v) is 3.86. The standard InChI is InChI=1S/C13H18N4O5/c1-13(12(19)22-2)4-3-5-15(9-13)11(18)8-16-7-10(6-14-16)17(20)21/h6-7H,3-5,8-9H2,1-2H3/t13-/m0/s1. The van der Waals surface area contributed by atoms with Crippen LogP contribution >= 0.6 is 0 Å². The van der Waals surface area contributed by atoms with Crippen molar-refractivity contribution in [3.05, 3.63) is 22.5 Å². The third-order valence-electron chi connectivity index (χ3n) is 3.86. The van der Waals surface area contributed by atoms with E-state index in [0.717, 1.165) is 6.20 Å². The molecule has 0 aliphatic carbocycles. The lowest BCUT2D eigenvalue weighted by atomic mass is 9.82. The van der Waals surface area contributed by atoms with Crippen LogP contribution in [0.5, 0.6) is 0 Å². The van der Waals surface area contributed by atoms with Crippen molar-refractivity contribution in [2.45, 2.75) is 26.3 Å². The molecule has 1 amide bonds. The number of nitro groups is 1. The van der Waals surface area contributed by atoms with Crippen LogP contribution in [0, 0.1) is 15.5 Å². The lowest BCUT2D eigenvalue weighted by molar-refractivity contribution is -0.385. The predicted octanol–water partition coefficient (Wildman–Crippen LogP) is 0.593. The van der Waals surface area contributed by atoms with Crippen LogP contribution in [0.4, 0.5) is 5.69 Å². The summed E-state index contributed by atoms with van der Waals surface area (Å²) in [4.78, 5) is 35.7. The number of carbonyl (C=O) groups excluding carboxylic acids is 2. The molecule has 0 radical (unpaired) electrons. The largest absolute Gasteiger partial charge is 0.469 e. The topological polar surface area (TPSA) is 108 Å². The first-order valence-corrected chi connectivity index (χ1v) is 6.89. The number of piperidine rings is 1. The van der Waals surface area contributed by atoms with E-state index in [1.807, 2.05) is 0 Å². The predicted molar refractivity (Wildman–Crippen MR) is 74.8 cm³/mol. The molecule has 1 aliphatic heterocycles. The van der Waals surface area contributed by atoms with Crippen LogP contribution in [0.2, 0.25) is 0 Å². The Morgan fingerprint density at radius 3 is 2.86 bits per heavy atom. The lowest BCUT2D eigenvalue weighted by Crippen LogP contribution is -2.49. The summed E-state index contributed by atoms with van der Waals surface area (Å²) in [7, 11) is 1.33. The third kappa shape index (κ3) is 3.23. The molecule has 0 unspecified atom stereocenters. The number of carbonyl (C=O) groups is 2. The molecule has 1 saturated heterocycles. The van der Waals surface area contributed by atoms with E-state index >= 15 is 0 Å².